The van der Waals surface area contributed by atoms with Gasteiger partial charge in [0.2, 0.25) is 0 Å². The molecule has 7 heteroatoms. The molecule has 0 spiro atoms. The average Bonchev–Trinajstić information content (AvgIpc) is 3.15. The maximum absolute atomic E-state index is 4.65. The fourth-order valence-electron chi connectivity index (χ4n) is 3.51. The summed E-state index contributed by atoms with van der Waals surface area (Å²) < 4.78 is 0. The number of imidazole rings is 1. The van der Waals surface area contributed by atoms with E-state index >= 15 is 0 Å². The number of nitrogens with zero attached hydrogens (tertiary/aromatic N) is 5. The Morgan fingerprint density at radius 3 is 3.04 bits per heavy atom. The van der Waals surface area contributed by atoms with Crippen LogP contribution in [0.15, 0.2) is 43.1 Å². The van der Waals surface area contributed by atoms with Gasteiger partial charge in [-0.05, 0) is 38.4 Å². The number of aromatic amines is 1. The molecule has 3 aromatic rings. The third-order valence-electron chi connectivity index (χ3n) is 4.70. The summed E-state index contributed by atoms with van der Waals surface area (Å²) in [5, 5.41) is 3.35. The van der Waals surface area contributed by atoms with Crippen LogP contribution in [0, 0.1) is 6.92 Å². The normalized spacial score (nSPS) is 18.0. The lowest BCUT2D eigenvalue weighted by atomic mass is 9.94. The van der Waals surface area contributed by atoms with Gasteiger partial charge in [-0.15, -0.1) is 0 Å². The number of aromatic nitrogens is 5. The van der Waals surface area contributed by atoms with Crippen molar-refractivity contribution in [1.29, 1.82) is 0 Å². The molecule has 4 rings (SSSR count). The second kappa shape index (κ2) is 7.61. The minimum Gasteiger partial charge on any atom is -0.347 e. The average molecular weight is 349 g/mol. The highest BCUT2D eigenvalue weighted by Gasteiger charge is 2.25. The van der Waals surface area contributed by atoms with Crippen molar-refractivity contribution >= 4 is 11.6 Å². The van der Waals surface area contributed by atoms with Crippen molar-refractivity contribution in [2.24, 2.45) is 0 Å². The van der Waals surface area contributed by atoms with Crippen LogP contribution in [0.3, 0.4) is 0 Å². The van der Waals surface area contributed by atoms with Crippen LogP contribution in [-0.2, 0) is 6.54 Å². The Kier molecular flexibility index (Phi) is 4.88. The van der Waals surface area contributed by atoms with E-state index < -0.39 is 0 Å². The molecule has 4 heterocycles. The molecule has 0 amide bonds. The van der Waals surface area contributed by atoms with E-state index in [0.717, 1.165) is 61.2 Å². The van der Waals surface area contributed by atoms with Gasteiger partial charge in [-0.25, -0.2) is 15.0 Å². The molecular formula is C19H23N7. The summed E-state index contributed by atoms with van der Waals surface area (Å²) in [7, 11) is 0. The number of hydrogen-bond acceptors (Lipinski definition) is 6. The number of H-pyrrole nitrogens is 1. The Balaban J connectivity index is 1.51. The van der Waals surface area contributed by atoms with Gasteiger partial charge < -0.3 is 10.3 Å². The molecule has 0 aromatic carbocycles. The van der Waals surface area contributed by atoms with Crippen molar-refractivity contribution in [2.75, 3.05) is 18.4 Å². The summed E-state index contributed by atoms with van der Waals surface area (Å²) >= 11 is 0. The van der Waals surface area contributed by atoms with Crippen molar-refractivity contribution in [3.8, 4) is 0 Å². The molecule has 0 unspecified atom stereocenters. The van der Waals surface area contributed by atoms with E-state index in [1.807, 2.05) is 31.3 Å². The van der Waals surface area contributed by atoms with Gasteiger partial charge in [-0.3, -0.25) is 9.88 Å². The van der Waals surface area contributed by atoms with Crippen LogP contribution in [-0.4, -0.2) is 42.9 Å². The van der Waals surface area contributed by atoms with E-state index in [4.69, 9.17) is 0 Å². The van der Waals surface area contributed by atoms with Gasteiger partial charge in [0.1, 0.15) is 5.82 Å². The lowest BCUT2D eigenvalue weighted by Gasteiger charge is -2.32. The predicted octanol–water partition coefficient (Wildman–Crippen LogP) is 3.03. The van der Waals surface area contributed by atoms with E-state index in [-0.39, 0.29) is 0 Å². The number of hydrogen-bond donors (Lipinski definition) is 2. The van der Waals surface area contributed by atoms with Crippen molar-refractivity contribution in [3.05, 3.63) is 60.2 Å². The smallest absolute Gasteiger partial charge is 0.153 e. The molecule has 3 aromatic heterocycles. The van der Waals surface area contributed by atoms with E-state index in [9.17, 15) is 0 Å². The number of nitrogens with one attached hydrogen (secondary N) is 2. The van der Waals surface area contributed by atoms with Gasteiger partial charge in [0.25, 0.3) is 0 Å². The standard InChI is InChI=1S/C19H23N7/c1-14-4-2-6-17(24-14)25-19-18(21-7-8-22-19)15-5-3-9-26(11-15)12-16-10-20-13-23-16/h2,4,6-8,10,13,15H,3,5,9,11-12H2,1H3,(H,20,23)(H,22,24,25)/t15-/m1/s1. The first-order valence-electron chi connectivity index (χ1n) is 8.99. The second-order valence-electron chi connectivity index (χ2n) is 6.73. The molecule has 0 radical (unpaired) electrons. The molecule has 134 valence electrons. The predicted molar refractivity (Wildman–Crippen MR) is 100 cm³/mol. The van der Waals surface area contributed by atoms with Gasteiger partial charge in [-0.2, -0.15) is 0 Å². The molecule has 0 aliphatic carbocycles. The minimum atomic E-state index is 0.354. The molecule has 1 atom stereocenters. The topological polar surface area (TPSA) is 82.6 Å². The van der Waals surface area contributed by atoms with Crippen LogP contribution in [0.5, 0.6) is 0 Å². The lowest BCUT2D eigenvalue weighted by Crippen LogP contribution is -2.34. The van der Waals surface area contributed by atoms with Crippen molar-refractivity contribution < 1.29 is 0 Å². The molecule has 0 bridgehead atoms. The molecular weight excluding hydrogens is 326 g/mol. The maximum Gasteiger partial charge on any atom is 0.153 e. The van der Waals surface area contributed by atoms with Crippen LogP contribution >= 0.6 is 0 Å². The van der Waals surface area contributed by atoms with Crippen LogP contribution in [0.2, 0.25) is 0 Å². The van der Waals surface area contributed by atoms with Gasteiger partial charge in [-0.1, -0.05) is 6.07 Å². The number of anilines is 2. The maximum atomic E-state index is 4.65. The first-order valence-corrected chi connectivity index (χ1v) is 8.99. The largest absolute Gasteiger partial charge is 0.347 e. The van der Waals surface area contributed by atoms with Crippen molar-refractivity contribution in [3.63, 3.8) is 0 Å². The summed E-state index contributed by atoms with van der Waals surface area (Å²) in [6.45, 7) is 4.93. The van der Waals surface area contributed by atoms with Gasteiger partial charge in [0.15, 0.2) is 5.82 Å². The zero-order valence-corrected chi connectivity index (χ0v) is 14.9. The molecule has 2 N–H and O–H groups in total. The Morgan fingerprint density at radius 2 is 2.19 bits per heavy atom. The first-order chi connectivity index (χ1) is 12.8. The quantitative estimate of drug-likeness (QED) is 0.737. The van der Waals surface area contributed by atoms with Gasteiger partial charge >= 0.3 is 0 Å². The zero-order chi connectivity index (χ0) is 17.8. The third kappa shape index (κ3) is 3.88. The summed E-state index contributed by atoms with van der Waals surface area (Å²) in [6.07, 6.45) is 9.40. The summed E-state index contributed by atoms with van der Waals surface area (Å²) in [5.74, 6) is 1.96. The van der Waals surface area contributed by atoms with Gasteiger partial charge in [0.05, 0.1) is 12.0 Å². The molecule has 1 aliphatic rings. The van der Waals surface area contributed by atoms with E-state index in [0.29, 0.717) is 5.92 Å². The van der Waals surface area contributed by atoms with Crippen molar-refractivity contribution in [2.45, 2.75) is 32.2 Å². The van der Waals surface area contributed by atoms with Crippen LogP contribution in [0.1, 0.15) is 35.8 Å². The molecule has 7 nitrogen and oxygen atoms in total. The molecule has 0 saturated carbocycles. The van der Waals surface area contributed by atoms with Crippen LogP contribution in [0.4, 0.5) is 11.6 Å². The number of piperidine rings is 1. The monoisotopic (exact) mass is 349 g/mol. The highest BCUT2D eigenvalue weighted by molar-refractivity contribution is 5.55. The fraction of sp³-hybridized carbons (Fsp3) is 0.368. The first kappa shape index (κ1) is 16.7. The molecule has 26 heavy (non-hydrogen) atoms. The zero-order valence-electron chi connectivity index (χ0n) is 14.9. The minimum absolute atomic E-state index is 0.354. The Bertz CT molecular complexity index is 847. The van der Waals surface area contributed by atoms with Gasteiger partial charge in [0, 0.05) is 49.0 Å². The highest BCUT2D eigenvalue weighted by atomic mass is 15.1. The van der Waals surface area contributed by atoms with Crippen molar-refractivity contribution in [1.82, 2.24) is 29.8 Å². The van der Waals surface area contributed by atoms with Crippen LogP contribution in [0.25, 0.3) is 0 Å². The van der Waals surface area contributed by atoms with E-state index in [1.54, 1.807) is 18.7 Å². The highest BCUT2D eigenvalue weighted by Crippen LogP contribution is 2.30. The molecule has 1 fully saturated rings. The Hall–Kier alpha value is -2.80. The van der Waals surface area contributed by atoms with E-state index in [1.165, 1.54) is 0 Å². The molecule has 1 aliphatic heterocycles. The number of likely N-dealkylation sites (tertiary alicyclic amines) is 1. The summed E-state index contributed by atoms with van der Waals surface area (Å²) in [6, 6.07) is 5.93. The Morgan fingerprint density at radius 1 is 1.27 bits per heavy atom. The molecule has 1 saturated heterocycles. The second-order valence-corrected chi connectivity index (χ2v) is 6.73. The van der Waals surface area contributed by atoms with E-state index in [2.05, 4.69) is 35.1 Å². The number of rotatable bonds is 5. The third-order valence-corrected chi connectivity index (χ3v) is 4.70. The SMILES string of the molecule is Cc1cccc(Nc2nccnc2[C@@H]2CCCN(Cc3cnc[nH]3)C2)n1. The Labute approximate surface area is 152 Å². The summed E-state index contributed by atoms with van der Waals surface area (Å²) in [4.78, 5) is 23.5. The number of pyridine rings is 1. The number of aryl methyl sites for hydroxylation is 1. The summed E-state index contributed by atoms with van der Waals surface area (Å²) in [5.41, 5.74) is 3.14. The van der Waals surface area contributed by atoms with Crippen LogP contribution < -0.4 is 5.32 Å². The fourth-order valence-corrected chi connectivity index (χ4v) is 3.51. The lowest BCUT2D eigenvalue weighted by molar-refractivity contribution is 0.197.